The van der Waals surface area contributed by atoms with Gasteiger partial charge < -0.3 is 0 Å². The van der Waals surface area contributed by atoms with Gasteiger partial charge in [0.25, 0.3) is 0 Å². The predicted molar refractivity (Wildman–Crippen MR) is 65.6 cm³/mol. The summed E-state index contributed by atoms with van der Waals surface area (Å²) in [5.41, 5.74) is 1.99. The van der Waals surface area contributed by atoms with Crippen LogP contribution in [0.15, 0.2) is 24.3 Å². The van der Waals surface area contributed by atoms with Gasteiger partial charge in [-0.3, -0.25) is 4.18 Å². The van der Waals surface area contributed by atoms with E-state index in [-0.39, 0.29) is 18.4 Å². The molecule has 0 fully saturated rings. The molecule has 1 nitrogen and oxygen atoms in total. The molecule has 17 heavy (non-hydrogen) atoms. The van der Waals surface area contributed by atoms with Gasteiger partial charge in [0.05, 0.1) is 6.61 Å². The molecule has 0 saturated heterocycles. The van der Waals surface area contributed by atoms with Crippen LogP contribution in [0.4, 0.5) is 11.7 Å². The Labute approximate surface area is 102 Å². The summed E-state index contributed by atoms with van der Waals surface area (Å²) in [4.78, 5) is 0. The van der Waals surface area contributed by atoms with Gasteiger partial charge in [0.1, 0.15) is 0 Å². The summed E-state index contributed by atoms with van der Waals surface area (Å²) in [6.07, 6.45) is 0. The van der Waals surface area contributed by atoms with E-state index in [1.54, 1.807) is 0 Å². The lowest BCUT2D eigenvalue weighted by atomic mass is 9.89. The van der Waals surface area contributed by atoms with E-state index in [2.05, 4.69) is 4.18 Å². The third kappa shape index (κ3) is 5.00. The minimum atomic E-state index is -5.37. The molecule has 0 saturated carbocycles. The fourth-order valence-electron chi connectivity index (χ4n) is 1.64. The maximum atomic E-state index is 12.1. The van der Waals surface area contributed by atoms with Crippen molar-refractivity contribution in [2.45, 2.75) is 26.7 Å². The maximum Gasteiger partial charge on any atom is 0.339 e. The first-order valence-electron chi connectivity index (χ1n) is 5.42. The first kappa shape index (κ1) is 14.4. The second-order valence-corrected chi connectivity index (χ2v) is 5.37. The van der Waals surface area contributed by atoms with Crippen LogP contribution in [-0.2, 0) is 4.18 Å². The van der Waals surface area contributed by atoms with Crippen LogP contribution in [-0.4, -0.2) is 6.61 Å². The Morgan fingerprint density at radius 1 is 1.12 bits per heavy atom. The minimum absolute atomic E-state index is 0.111. The lowest BCUT2D eigenvalue weighted by Crippen LogP contribution is -2.13. The molecule has 0 aromatic heterocycles. The van der Waals surface area contributed by atoms with Crippen molar-refractivity contribution in [3.63, 3.8) is 0 Å². The molecule has 0 radical (unpaired) electrons. The van der Waals surface area contributed by atoms with Gasteiger partial charge in [-0.15, -0.1) is 0 Å². The van der Waals surface area contributed by atoms with E-state index in [0.717, 1.165) is 11.1 Å². The minimum Gasteiger partial charge on any atom is -0.260 e. The van der Waals surface area contributed by atoms with Crippen molar-refractivity contribution >= 4 is 11.5 Å². The summed E-state index contributed by atoms with van der Waals surface area (Å²) in [6, 6.07) is 7.56. The van der Waals surface area contributed by atoms with E-state index < -0.39 is 11.5 Å². The molecule has 0 N–H and O–H groups in total. The molecule has 0 bridgehead atoms. The monoisotopic (exact) mass is 266 g/mol. The molecule has 1 unspecified atom stereocenters. The molecule has 0 spiro atoms. The average molecular weight is 266 g/mol. The van der Waals surface area contributed by atoms with Crippen LogP contribution in [0, 0.1) is 12.8 Å². The SMILES string of the molecule is Cc1ccc(C(COS(F)(F)F)C(C)C)cc1. The Kier molecular flexibility index (Phi) is 4.89. The maximum absolute atomic E-state index is 12.1. The molecule has 1 aromatic rings. The van der Waals surface area contributed by atoms with E-state index in [1.165, 1.54) is 0 Å². The third-order valence-corrected chi connectivity index (χ3v) is 3.09. The van der Waals surface area contributed by atoms with Crippen molar-refractivity contribution in [2.24, 2.45) is 5.92 Å². The van der Waals surface area contributed by atoms with Crippen molar-refractivity contribution in [1.82, 2.24) is 0 Å². The number of hydrogen-bond donors (Lipinski definition) is 0. The number of aryl methyl sites for hydroxylation is 1. The lowest BCUT2D eigenvalue weighted by Gasteiger charge is -2.22. The van der Waals surface area contributed by atoms with Gasteiger partial charge >= 0.3 is 11.5 Å². The molecule has 98 valence electrons. The molecule has 0 heterocycles. The van der Waals surface area contributed by atoms with Gasteiger partial charge in [-0.1, -0.05) is 55.3 Å². The van der Waals surface area contributed by atoms with E-state index in [4.69, 9.17) is 0 Å². The predicted octanol–water partition coefficient (Wildman–Crippen LogP) is 5.12. The van der Waals surface area contributed by atoms with Crippen molar-refractivity contribution in [3.8, 4) is 0 Å². The highest BCUT2D eigenvalue weighted by atomic mass is 32.4. The second-order valence-electron chi connectivity index (χ2n) is 4.41. The largest absolute Gasteiger partial charge is 0.339 e. The van der Waals surface area contributed by atoms with Crippen LogP contribution >= 0.6 is 11.5 Å². The Morgan fingerprint density at radius 2 is 1.65 bits per heavy atom. The first-order valence-corrected chi connectivity index (χ1v) is 6.68. The summed E-state index contributed by atoms with van der Waals surface area (Å²) < 4.78 is 40.4. The normalized spacial score (nSPS) is 15.0. The zero-order chi connectivity index (χ0) is 13.1. The van der Waals surface area contributed by atoms with Gasteiger partial charge in [-0.05, 0) is 18.4 Å². The fraction of sp³-hybridized carbons (Fsp3) is 0.500. The van der Waals surface area contributed by atoms with E-state index in [9.17, 15) is 11.7 Å². The van der Waals surface area contributed by atoms with Gasteiger partial charge in [-0.2, -0.15) is 0 Å². The van der Waals surface area contributed by atoms with E-state index in [0.29, 0.717) is 0 Å². The highest BCUT2D eigenvalue weighted by molar-refractivity contribution is 8.16. The van der Waals surface area contributed by atoms with Gasteiger partial charge in [-0.25, -0.2) is 0 Å². The van der Waals surface area contributed by atoms with Crippen LogP contribution in [0.2, 0.25) is 0 Å². The molecule has 0 aliphatic rings. The summed E-state index contributed by atoms with van der Waals surface area (Å²) in [5.74, 6) is -0.107. The second kappa shape index (κ2) is 5.78. The Balaban J connectivity index is 2.76. The average Bonchev–Trinajstić information content (AvgIpc) is 2.18. The zero-order valence-corrected chi connectivity index (χ0v) is 10.9. The standard InChI is InChI=1S/C12H17F3OS/c1-9(2)12(8-16-17(13,14)15)11-6-4-10(3)5-7-11/h4-7,9,12H,8H2,1-3H3. The van der Waals surface area contributed by atoms with Crippen molar-refractivity contribution in [2.75, 3.05) is 6.61 Å². The van der Waals surface area contributed by atoms with Gasteiger partial charge in [0.15, 0.2) is 0 Å². The van der Waals surface area contributed by atoms with Crippen molar-refractivity contribution in [1.29, 1.82) is 0 Å². The number of hydrogen-bond acceptors (Lipinski definition) is 1. The molecule has 1 aromatic carbocycles. The summed E-state index contributed by atoms with van der Waals surface area (Å²) in [5, 5.41) is 0. The fourth-order valence-corrected chi connectivity index (χ4v) is 1.94. The molecule has 1 rings (SSSR count). The Morgan fingerprint density at radius 3 is 2.06 bits per heavy atom. The smallest absolute Gasteiger partial charge is 0.260 e. The highest BCUT2D eigenvalue weighted by Crippen LogP contribution is 2.54. The molecule has 0 aliphatic carbocycles. The molecule has 5 heteroatoms. The topological polar surface area (TPSA) is 9.23 Å². The number of benzene rings is 1. The molecule has 1 atom stereocenters. The number of rotatable bonds is 5. The van der Waals surface area contributed by atoms with E-state index in [1.807, 2.05) is 45.0 Å². The van der Waals surface area contributed by atoms with Gasteiger partial charge in [0, 0.05) is 5.92 Å². The van der Waals surface area contributed by atoms with Crippen LogP contribution in [0.3, 0.4) is 0 Å². The number of halogens is 3. The zero-order valence-electron chi connectivity index (χ0n) is 10.1. The summed E-state index contributed by atoms with van der Waals surface area (Å²) in [7, 11) is 0. The summed E-state index contributed by atoms with van der Waals surface area (Å²) >= 11 is -5.37. The molecule has 0 amide bonds. The molecule has 0 aliphatic heterocycles. The van der Waals surface area contributed by atoms with Crippen molar-refractivity contribution in [3.05, 3.63) is 35.4 Å². The van der Waals surface area contributed by atoms with Crippen molar-refractivity contribution < 1.29 is 15.8 Å². The first-order chi connectivity index (χ1) is 7.79. The quantitative estimate of drug-likeness (QED) is 0.718. The van der Waals surface area contributed by atoms with Crippen LogP contribution in [0.1, 0.15) is 30.9 Å². The Bertz CT molecular complexity index is 346. The Hall–Kier alpha value is -0.680. The van der Waals surface area contributed by atoms with Gasteiger partial charge in [0.2, 0.25) is 0 Å². The van der Waals surface area contributed by atoms with E-state index >= 15 is 0 Å². The van der Waals surface area contributed by atoms with Crippen LogP contribution in [0.5, 0.6) is 0 Å². The molecular formula is C12H17F3OS. The molecular weight excluding hydrogens is 249 g/mol. The third-order valence-electron chi connectivity index (χ3n) is 2.69. The highest BCUT2D eigenvalue weighted by Gasteiger charge is 2.26. The summed E-state index contributed by atoms with van der Waals surface area (Å²) in [6.45, 7) is 5.46. The van der Waals surface area contributed by atoms with Crippen LogP contribution in [0.25, 0.3) is 0 Å². The van der Waals surface area contributed by atoms with Crippen LogP contribution < -0.4 is 0 Å². The lowest BCUT2D eigenvalue weighted by molar-refractivity contribution is 0.241.